The quantitative estimate of drug-likeness (QED) is 0.331. The lowest BCUT2D eigenvalue weighted by atomic mass is 10.2. The SMILES string of the molecule is CN(C)C/C=C/C(=O)N1CCC(Nc2n[nH]c3nccc(Oc4ccn(Cc5ccccc5)c(=O)c4)c23)C1. The highest BCUT2D eigenvalue weighted by Gasteiger charge is 2.26. The first-order valence-corrected chi connectivity index (χ1v) is 12.6. The second kappa shape index (κ2) is 11.3. The van der Waals surface area contributed by atoms with Gasteiger partial charge in [-0.2, -0.15) is 5.10 Å². The van der Waals surface area contributed by atoms with E-state index in [-0.39, 0.29) is 17.5 Å². The van der Waals surface area contributed by atoms with E-state index in [1.54, 1.807) is 35.2 Å². The van der Waals surface area contributed by atoms with Crippen LogP contribution in [0.1, 0.15) is 12.0 Å². The van der Waals surface area contributed by atoms with Crippen molar-refractivity contribution in [2.75, 3.05) is 39.0 Å². The molecule has 1 atom stereocenters. The van der Waals surface area contributed by atoms with Gasteiger partial charge in [0.1, 0.15) is 16.9 Å². The number of hydrogen-bond acceptors (Lipinski definition) is 7. The molecule has 5 rings (SSSR count). The summed E-state index contributed by atoms with van der Waals surface area (Å²) in [7, 11) is 3.93. The van der Waals surface area contributed by atoms with Crippen LogP contribution in [0.15, 0.2) is 77.9 Å². The number of H-pyrrole nitrogens is 1. The molecule has 2 N–H and O–H groups in total. The van der Waals surface area contributed by atoms with Crippen LogP contribution in [-0.4, -0.2) is 75.2 Å². The minimum absolute atomic E-state index is 0.00993. The Morgan fingerprint density at radius 3 is 2.87 bits per heavy atom. The zero-order valence-corrected chi connectivity index (χ0v) is 21.5. The number of carbonyl (C=O) groups is 1. The van der Waals surface area contributed by atoms with Crippen molar-refractivity contribution in [1.29, 1.82) is 0 Å². The van der Waals surface area contributed by atoms with Crippen LogP contribution in [0.2, 0.25) is 0 Å². The van der Waals surface area contributed by atoms with Gasteiger partial charge in [-0.25, -0.2) is 4.98 Å². The molecule has 10 heteroatoms. The first-order chi connectivity index (χ1) is 18.5. The smallest absolute Gasteiger partial charge is 0.254 e. The Labute approximate surface area is 220 Å². The van der Waals surface area contributed by atoms with E-state index >= 15 is 0 Å². The van der Waals surface area contributed by atoms with Crippen molar-refractivity contribution in [2.45, 2.75) is 19.0 Å². The van der Waals surface area contributed by atoms with Crippen LogP contribution in [0, 0.1) is 0 Å². The molecular formula is C28H31N7O3. The molecule has 38 heavy (non-hydrogen) atoms. The van der Waals surface area contributed by atoms with Crippen molar-refractivity contribution in [2.24, 2.45) is 0 Å². The number of rotatable bonds is 9. The van der Waals surface area contributed by atoms with E-state index in [4.69, 9.17) is 4.74 Å². The summed E-state index contributed by atoms with van der Waals surface area (Å²) >= 11 is 0. The molecule has 0 saturated carbocycles. The molecule has 0 bridgehead atoms. The number of hydrogen-bond donors (Lipinski definition) is 2. The number of ether oxygens (including phenoxy) is 1. The molecule has 1 fully saturated rings. The van der Waals surface area contributed by atoms with Gasteiger partial charge in [-0.05, 0) is 32.1 Å². The number of likely N-dealkylation sites (tertiary alicyclic amines) is 1. The molecule has 0 radical (unpaired) electrons. The van der Waals surface area contributed by atoms with Gasteiger partial charge in [0.15, 0.2) is 11.5 Å². The van der Waals surface area contributed by atoms with Crippen LogP contribution in [0.3, 0.4) is 0 Å². The molecule has 10 nitrogen and oxygen atoms in total. The number of carbonyl (C=O) groups excluding carboxylic acids is 1. The summed E-state index contributed by atoms with van der Waals surface area (Å²) in [6, 6.07) is 14.9. The van der Waals surface area contributed by atoms with E-state index in [2.05, 4.69) is 20.5 Å². The van der Waals surface area contributed by atoms with Gasteiger partial charge in [-0.1, -0.05) is 36.4 Å². The van der Waals surface area contributed by atoms with E-state index in [0.717, 1.165) is 18.5 Å². The summed E-state index contributed by atoms with van der Waals surface area (Å²) in [4.78, 5) is 33.4. The fraction of sp³-hybridized carbons (Fsp3) is 0.286. The Morgan fingerprint density at radius 2 is 2.08 bits per heavy atom. The number of nitrogens with one attached hydrogen (secondary N) is 2. The molecule has 4 heterocycles. The Bertz CT molecular complexity index is 1490. The monoisotopic (exact) mass is 513 g/mol. The second-order valence-corrected chi connectivity index (χ2v) is 9.60. The van der Waals surface area contributed by atoms with Gasteiger partial charge in [0.05, 0.1) is 6.54 Å². The molecule has 1 aliphatic heterocycles. The Kier molecular flexibility index (Phi) is 7.50. The van der Waals surface area contributed by atoms with Crippen molar-refractivity contribution in [1.82, 2.24) is 29.5 Å². The topological polar surface area (TPSA) is 108 Å². The van der Waals surface area contributed by atoms with Crippen LogP contribution in [0.5, 0.6) is 11.5 Å². The van der Waals surface area contributed by atoms with E-state index in [9.17, 15) is 9.59 Å². The number of benzene rings is 1. The standard InChI is InChI=1S/C28H31N7O3/c1-33(2)14-6-9-24(36)35-15-11-21(19-35)30-28-26-23(10-13-29-27(26)31-32-28)38-22-12-16-34(25(37)17-22)18-20-7-4-3-5-8-20/h3-10,12-13,16-17,21H,11,14-15,18-19H2,1-2H3,(H2,29,30,31,32)/b9-6+. The van der Waals surface area contributed by atoms with Gasteiger partial charge >= 0.3 is 0 Å². The van der Waals surface area contributed by atoms with Crippen LogP contribution in [0.4, 0.5) is 5.82 Å². The molecule has 0 aliphatic carbocycles. The maximum atomic E-state index is 12.7. The van der Waals surface area contributed by atoms with Crippen LogP contribution in [0.25, 0.3) is 11.0 Å². The van der Waals surface area contributed by atoms with Gasteiger partial charge in [-0.3, -0.25) is 14.7 Å². The average Bonchev–Trinajstić information content (AvgIpc) is 3.54. The predicted octanol–water partition coefficient (Wildman–Crippen LogP) is 3.09. The third-order valence-electron chi connectivity index (χ3n) is 6.39. The Balaban J connectivity index is 1.29. The van der Waals surface area contributed by atoms with Crippen molar-refractivity contribution < 1.29 is 9.53 Å². The number of nitrogens with zero attached hydrogens (tertiary/aromatic N) is 5. The molecule has 1 aliphatic rings. The van der Waals surface area contributed by atoms with E-state index in [0.29, 0.717) is 48.0 Å². The number of aromatic nitrogens is 4. The van der Waals surface area contributed by atoms with Gasteiger partial charge in [0.2, 0.25) is 5.91 Å². The second-order valence-electron chi connectivity index (χ2n) is 9.60. The Hall–Kier alpha value is -4.44. The number of amides is 1. The number of aromatic amines is 1. The van der Waals surface area contributed by atoms with E-state index < -0.39 is 0 Å². The molecule has 196 valence electrons. The van der Waals surface area contributed by atoms with Crippen LogP contribution < -0.4 is 15.6 Å². The normalized spacial score (nSPS) is 15.6. The third kappa shape index (κ3) is 5.92. The summed E-state index contributed by atoms with van der Waals surface area (Å²) in [6.45, 7) is 2.46. The zero-order valence-electron chi connectivity index (χ0n) is 21.5. The average molecular weight is 514 g/mol. The summed E-state index contributed by atoms with van der Waals surface area (Å²) in [5.41, 5.74) is 1.46. The summed E-state index contributed by atoms with van der Waals surface area (Å²) in [5.74, 6) is 1.57. The zero-order chi connectivity index (χ0) is 26.5. The fourth-order valence-electron chi connectivity index (χ4n) is 4.44. The van der Waals surface area contributed by atoms with Crippen molar-refractivity contribution in [3.05, 3.63) is 89.0 Å². The van der Waals surface area contributed by atoms with Crippen molar-refractivity contribution >= 4 is 22.8 Å². The first-order valence-electron chi connectivity index (χ1n) is 12.6. The summed E-state index contributed by atoms with van der Waals surface area (Å²) in [6.07, 6.45) is 7.67. The minimum Gasteiger partial charge on any atom is -0.456 e. The molecule has 0 spiro atoms. The highest BCUT2D eigenvalue weighted by molar-refractivity contribution is 5.93. The molecular weight excluding hydrogens is 482 g/mol. The largest absolute Gasteiger partial charge is 0.456 e. The Morgan fingerprint density at radius 1 is 1.24 bits per heavy atom. The van der Waals surface area contributed by atoms with Crippen molar-refractivity contribution in [3.63, 3.8) is 0 Å². The van der Waals surface area contributed by atoms with Crippen LogP contribution >= 0.6 is 0 Å². The summed E-state index contributed by atoms with van der Waals surface area (Å²) < 4.78 is 7.77. The number of likely N-dealkylation sites (N-methyl/N-ethyl adjacent to an activating group) is 1. The predicted molar refractivity (Wildman–Crippen MR) is 147 cm³/mol. The highest BCUT2D eigenvalue weighted by atomic mass is 16.5. The molecule has 3 aromatic heterocycles. The van der Waals surface area contributed by atoms with Gasteiger partial charge in [0.25, 0.3) is 5.56 Å². The molecule has 1 amide bonds. The molecule has 4 aromatic rings. The first kappa shape index (κ1) is 25.2. The molecule has 1 aromatic carbocycles. The van der Waals surface area contributed by atoms with Crippen LogP contribution in [-0.2, 0) is 11.3 Å². The number of pyridine rings is 2. The lowest BCUT2D eigenvalue weighted by Crippen LogP contribution is -2.30. The summed E-state index contributed by atoms with van der Waals surface area (Å²) in [5, 5.41) is 11.5. The van der Waals surface area contributed by atoms with E-state index in [1.807, 2.05) is 60.3 Å². The molecule has 1 unspecified atom stereocenters. The van der Waals surface area contributed by atoms with Gasteiger partial charge < -0.3 is 24.4 Å². The number of anilines is 1. The lowest BCUT2D eigenvalue weighted by molar-refractivity contribution is -0.125. The number of fused-ring (bicyclic) bond motifs is 1. The van der Waals surface area contributed by atoms with E-state index in [1.165, 1.54) is 6.07 Å². The fourth-order valence-corrected chi connectivity index (χ4v) is 4.44. The third-order valence-corrected chi connectivity index (χ3v) is 6.39. The highest BCUT2D eigenvalue weighted by Crippen LogP contribution is 2.33. The van der Waals surface area contributed by atoms with Crippen molar-refractivity contribution in [3.8, 4) is 11.5 Å². The van der Waals surface area contributed by atoms with Gasteiger partial charge in [0, 0.05) is 56.3 Å². The molecule has 1 saturated heterocycles. The maximum absolute atomic E-state index is 12.7. The van der Waals surface area contributed by atoms with Gasteiger partial charge in [-0.15, -0.1) is 0 Å². The lowest BCUT2D eigenvalue weighted by Gasteiger charge is -2.16. The maximum Gasteiger partial charge on any atom is 0.254 e. The minimum atomic E-state index is -0.155.